The van der Waals surface area contributed by atoms with Crippen molar-refractivity contribution >= 4 is 22.9 Å². The summed E-state index contributed by atoms with van der Waals surface area (Å²) >= 11 is 7.43. The highest BCUT2D eigenvalue weighted by molar-refractivity contribution is 7.14. The number of aromatic nitrogens is 2. The Balaban J connectivity index is 2.31. The molecule has 17 heavy (non-hydrogen) atoms. The van der Waals surface area contributed by atoms with E-state index >= 15 is 0 Å². The molecule has 1 unspecified atom stereocenters. The summed E-state index contributed by atoms with van der Waals surface area (Å²) in [5, 5.41) is 6.31. The number of methoxy groups -OCH3 is 1. The van der Waals surface area contributed by atoms with E-state index in [9.17, 15) is 0 Å². The van der Waals surface area contributed by atoms with Gasteiger partial charge in [0.25, 0.3) is 5.89 Å². The smallest absolute Gasteiger partial charge is 0.269 e. The van der Waals surface area contributed by atoms with Gasteiger partial charge in [-0.1, -0.05) is 16.8 Å². The molecule has 0 radical (unpaired) electrons. The number of thiophene rings is 1. The van der Waals surface area contributed by atoms with Crippen molar-refractivity contribution < 1.29 is 9.26 Å². The van der Waals surface area contributed by atoms with Gasteiger partial charge < -0.3 is 15.0 Å². The molecule has 5 nitrogen and oxygen atoms in total. The van der Waals surface area contributed by atoms with Crippen LogP contribution in [0.2, 0.25) is 5.02 Å². The van der Waals surface area contributed by atoms with Crippen LogP contribution in [0.5, 0.6) is 0 Å². The first kappa shape index (κ1) is 12.5. The number of rotatable bonds is 4. The zero-order valence-electron chi connectivity index (χ0n) is 9.44. The maximum absolute atomic E-state index is 6.01. The summed E-state index contributed by atoms with van der Waals surface area (Å²) in [6.45, 7) is 2.09. The third kappa shape index (κ3) is 2.50. The molecule has 0 aliphatic carbocycles. The van der Waals surface area contributed by atoms with E-state index in [-0.39, 0.29) is 0 Å². The Kier molecular flexibility index (Phi) is 3.48. The fourth-order valence-corrected chi connectivity index (χ4v) is 2.42. The van der Waals surface area contributed by atoms with E-state index in [0.29, 0.717) is 23.3 Å². The van der Waals surface area contributed by atoms with Crippen molar-refractivity contribution in [2.45, 2.75) is 12.5 Å². The maximum Gasteiger partial charge on any atom is 0.269 e. The van der Waals surface area contributed by atoms with Crippen molar-refractivity contribution in [1.29, 1.82) is 0 Å². The maximum atomic E-state index is 6.01. The molecule has 0 aliphatic rings. The van der Waals surface area contributed by atoms with Gasteiger partial charge >= 0.3 is 0 Å². The summed E-state index contributed by atoms with van der Waals surface area (Å²) in [4.78, 5) is 5.00. The summed E-state index contributed by atoms with van der Waals surface area (Å²) in [5.41, 5.74) is 5.24. The first-order valence-corrected chi connectivity index (χ1v) is 6.16. The zero-order chi connectivity index (χ0) is 12.5. The molecular weight excluding hydrogens is 262 g/mol. The minimum Gasteiger partial charge on any atom is -0.382 e. The van der Waals surface area contributed by atoms with Crippen molar-refractivity contribution in [3.63, 3.8) is 0 Å². The van der Waals surface area contributed by atoms with Crippen LogP contribution in [-0.2, 0) is 10.3 Å². The Hall–Kier alpha value is -0.950. The molecule has 0 saturated heterocycles. The minimum absolute atomic E-state index is 0.310. The lowest BCUT2D eigenvalue weighted by Gasteiger charge is -2.18. The number of ether oxygens (including phenoxy) is 1. The molecule has 92 valence electrons. The third-order valence-electron chi connectivity index (χ3n) is 2.19. The molecule has 2 heterocycles. The highest BCUT2D eigenvalue weighted by atomic mass is 35.5. The van der Waals surface area contributed by atoms with Gasteiger partial charge in [-0.15, -0.1) is 11.3 Å². The minimum atomic E-state index is -0.778. The van der Waals surface area contributed by atoms with Crippen molar-refractivity contribution in [2.24, 2.45) is 5.73 Å². The fourth-order valence-electron chi connectivity index (χ4n) is 1.36. The summed E-state index contributed by atoms with van der Waals surface area (Å²) in [6, 6.07) is 1.78. The Morgan fingerprint density at radius 3 is 3.00 bits per heavy atom. The Morgan fingerprint density at radius 2 is 2.41 bits per heavy atom. The zero-order valence-corrected chi connectivity index (χ0v) is 11.0. The van der Waals surface area contributed by atoms with Crippen LogP contribution >= 0.6 is 22.9 Å². The average Bonchev–Trinajstić information content (AvgIpc) is 2.85. The van der Waals surface area contributed by atoms with Gasteiger partial charge in [0.2, 0.25) is 0 Å². The van der Waals surface area contributed by atoms with E-state index < -0.39 is 5.54 Å². The highest BCUT2D eigenvalue weighted by Gasteiger charge is 2.28. The van der Waals surface area contributed by atoms with Crippen LogP contribution in [0.25, 0.3) is 10.8 Å². The Morgan fingerprint density at radius 1 is 1.65 bits per heavy atom. The molecule has 0 spiro atoms. The van der Waals surface area contributed by atoms with Gasteiger partial charge in [-0.05, 0) is 18.4 Å². The number of nitrogens with zero attached hydrogens (tertiary/aromatic N) is 2. The van der Waals surface area contributed by atoms with Crippen molar-refractivity contribution in [2.75, 3.05) is 13.7 Å². The number of nitrogens with two attached hydrogens (primary N) is 1. The summed E-state index contributed by atoms with van der Waals surface area (Å²) in [5.74, 6) is 0.784. The van der Waals surface area contributed by atoms with Crippen LogP contribution in [-0.4, -0.2) is 23.9 Å². The van der Waals surface area contributed by atoms with Crippen LogP contribution < -0.4 is 5.73 Å². The van der Waals surface area contributed by atoms with E-state index in [0.717, 1.165) is 4.88 Å². The molecule has 0 aliphatic heterocycles. The predicted octanol–water partition coefficient (Wildman–Crippen LogP) is 2.27. The first-order chi connectivity index (χ1) is 8.04. The molecule has 2 aromatic heterocycles. The number of halogens is 1. The van der Waals surface area contributed by atoms with Gasteiger partial charge in [-0.3, -0.25) is 0 Å². The van der Waals surface area contributed by atoms with Gasteiger partial charge in [-0.25, -0.2) is 0 Å². The van der Waals surface area contributed by atoms with E-state index in [2.05, 4.69) is 10.1 Å². The van der Waals surface area contributed by atoms with Crippen LogP contribution in [0.3, 0.4) is 0 Å². The molecule has 1 atom stereocenters. The second kappa shape index (κ2) is 4.73. The molecule has 2 aromatic rings. The lowest BCUT2D eigenvalue weighted by Crippen LogP contribution is -2.38. The van der Waals surface area contributed by atoms with Gasteiger partial charge in [0.1, 0.15) is 10.4 Å². The van der Waals surface area contributed by atoms with Gasteiger partial charge in [0.05, 0.1) is 11.6 Å². The topological polar surface area (TPSA) is 74.2 Å². The normalized spacial score (nSPS) is 14.8. The van der Waals surface area contributed by atoms with Gasteiger partial charge in [-0.2, -0.15) is 4.98 Å². The Labute approximate surface area is 108 Å². The fraction of sp³-hybridized carbons (Fsp3) is 0.400. The van der Waals surface area contributed by atoms with Crippen molar-refractivity contribution in [3.8, 4) is 10.8 Å². The van der Waals surface area contributed by atoms with E-state index in [1.54, 1.807) is 20.1 Å². The van der Waals surface area contributed by atoms with Crippen molar-refractivity contribution in [3.05, 3.63) is 22.3 Å². The largest absolute Gasteiger partial charge is 0.382 e. The molecule has 7 heteroatoms. The Bertz CT molecular complexity index is 509. The second-order valence-electron chi connectivity index (χ2n) is 3.87. The molecule has 2 N–H and O–H groups in total. The monoisotopic (exact) mass is 273 g/mol. The SMILES string of the molecule is COCC(C)(N)c1noc(-c2sccc2Cl)n1. The van der Waals surface area contributed by atoms with Crippen LogP contribution in [0, 0.1) is 0 Å². The van der Waals surface area contributed by atoms with Gasteiger partial charge in [0.15, 0.2) is 5.82 Å². The standard InChI is InChI=1S/C10H12ClN3O2S/c1-10(12,5-15-2)9-13-8(16-14-9)7-6(11)3-4-17-7/h3-4H,5,12H2,1-2H3. The molecular formula is C10H12ClN3O2S. The number of hydrogen-bond donors (Lipinski definition) is 1. The molecule has 0 fully saturated rings. The molecule has 2 rings (SSSR count). The summed E-state index contributed by atoms with van der Waals surface area (Å²) in [6.07, 6.45) is 0. The predicted molar refractivity (Wildman–Crippen MR) is 66.0 cm³/mol. The molecule has 0 saturated carbocycles. The first-order valence-electron chi connectivity index (χ1n) is 4.90. The second-order valence-corrected chi connectivity index (χ2v) is 5.19. The lowest BCUT2D eigenvalue weighted by molar-refractivity contribution is 0.135. The van der Waals surface area contributed by atoms with E-state index in [1.165, 1.54) is 11.3 Å². The van der Waals surface area contributed by atoms with Crippen LogP contribution in [0.15, 0.2) is 16.0 Å². The van der Waals surface area contributed by atoms with E-state index in [4.69, 9.17) is 26.6 Å². The average molecular weight is 274 g/mol. The van der Waals surface area contributed by atoms with Gasteiger partial charge in [0, 0.05) is 7.11 Å². The number of hydrogen-bond acceptors (Lipinski definition) is 6. The van der Waals surface area contributed by atoms with Crippen molar-refractivity contribution in [1.82, 2.24) is 10.1 Å². The van der Waals surface area contributed by atoms with Crippen LogP contribution in [0.4, 0.5) is 0 Å². The lowest BCUT2D eigenvalue weighted by atomic mass is 10.1. The molecule has 0 amide bonds. The third-order valence-corrected chi connectivity index (χ3v) is 3.52. The quantitative estimate of drug-likeness (QED) is 0.925. The summed E-state index contributed by atoms with van der Waals surface area (Å²) < 4.78 is 10.2. The highest BCUT2D eigenvalue weighted by Crippen LogP contribution is 2.32. The summed E-state index contributed by atoms with van der Waals surface area (Å²) in [7, 11) is 1.57. The van der Waals surface area contributed by atoms with E-state index in [1.807, 2.05) is 5.38 Å². The molecule has 0 bridgehead atoms. The van der Waals surface area contributed by atoms with Crippen LogP contribution in [0.1, 0.15) is 12.7 Å². The molecule has 0 aromatic carbocycles.